The minimum Gasteiger partial charge on any atom is -0.373 e. The number of fused-ring (bicyclic) bond motifs is 1. The molecule has 2 aliphatic rings. The fourth-order valence-corrected chi connectivity index (χ4v) is 4.82. The van der Waals surface area contributed by atoms with Crippen molar-refractivity contribution in [2.45, 2.75) is 58.4 Å². The van der Waals surface area contributed by atoms with Gasteiger partial charge in [0.1, 0.15) is 6.54 Å². The number of carbonyl (C=O) groups is 1. The molecule has 1 aromatic heterocycles. The molecular formula is C22H30N4O3. The van der Waals surface area contributed by atoms with Crippen molar-refractivity contribution >= 4 is 16.7 Å². The highest BCUT2D eigenvalue weighted by Crippen LogP contribution is 2.21. The number of benzene rings is 1. The average Bonchev–Trinajstić information content (AvgIpc) is 3.13. The van der Waals surface area contributed by atoms with Crippen LogP contribution in [0.5, 0.6) is 0 Å². The molecule has 2 aliphatic heterocycles. The Morgan fingerprint density at radius 3 is 2.59 bits per heavy atom. The number of ether oxygens (including phenoxy) is 1. The van der Waals surface area contributed by atoms with Crippen LogP contribution in [-0.2, 0) is 16.1 Å². The van der Waals surface area contributed by atoms with Gasteiger partial charge < -0.3 is 9.64 Å². The minimum absolute atomic E-state index is 0.00305. The van der Waals surface area contributed by atoms with E-state index < -0.39 is 0 Å². The largest absolute Gasteiger partial charge is 0.373 e. The number of nitrogens with zero attached hydrogens (tertiary/aromatic N) is 4. The first kappa shape index (κ1) is 20.0. The lowest BCUT2D eigenvalue weighted by Crippen LogP contribution is -2.51. The summed E-state index contributed by atoms with van der Waals surface area (Å²) in [5.74, 6) is -0.0221. The van der Waals surface area contributed by atoms with Crippen LogP contribution in [0, 0.1) is 6.92 Å². The topological polar surface area (TPSA) is 67.7 Å². The van der Waals surface area contributed by atoms with Crippen molar-refractivity contribution in [2.24, 2.45) is 0 Å². The predicted octanol–water partition coefficient (Wildman–Crippen LogP) is 1.81. The maximum Gasteiger partial charge on any atom is 0.275 e. The molecule has 1 aromatic carbocycles. The fraction of sp³-hybridized carbons (Fsp3) is 0.591. The van der Waals surface area contributed by atoms with Gasteiger partial charge in [0.15, 0.2) is 0 Å². The molecule has 0 saturated carbocycles. The Balaban J connectivity index is 1.48. The van der Waals surface area contributed by atoms with Crippen LogP contribution in [0.3, 0.4) is 0 Å². The zero-order valence-electron chi connectivity index (χ0n) is 17.5. The highest BCUT2D eigenvalue weighted by Gasteiger charge is 2.32. The number of rotatable bonds is 4. The number of amides is 1. The smallest absolute Gasteiger partial charge is 0.275 e. The fourth-order valence-electron chi connectivity index (χ4n) is 4.82. The number of carbonyl (C=O) groups excluding carboxylic acids is 1. The van der Waals surface area contributed by atoms with E-state index in [4.69, 9.17) is 4.74 Å². The molecule has 2 saturated heterocycles. The summed E-state index contributed by atoms with van der Waals surface area (Å²) in [5, 5.41) is 5.86. The van der Waals surface area contributed by atoms with Gasteiger partial charge in [0, 0.05) is 37.6 Å². The van der Waals surface area contributed by atoms with Crippen molar-refractivity contribution < 1.29 is 9.53 Å². The molecule has 2 aromatic rings. The first-order valence-electron chi connectivity index (χ1n) is 10.6. The number of likely N-dealkylation sites (tertiary alicyclic amines) is 1. The Kier molecular flexibility index (Phi) is 5.69. The van der Waals surface area contributed by atoms with Gasteiger partial charge in [-0.1, -0.05) is 18.2 Å². The third kappa shape index (κ3) is 4.21. The maximum absolute atomic E-state index is 13.1. The van der Waals surface area contributed by atoms with Crippen LogP contribution in [0.2, 0.25) is 0 Å². The Bertz CT molecular complexity index is 947. The van der Waals surface area contributed by atoms with E-state index in [0.29, 0.717) is 5.39 Å². The summed E-state index contributed by atoms with van der Waals surface area (Å²) in [6, 6.07) is 7.63. The molecule has 0 N–H and O–H groups in total. The monoisotopic (exact) mass is 398 g/mol. The molecular weight excluding hydrogens is 368 g/mol. The molecule has 0 spiro atoms. The van der Waals surface area contributed by atoms with E-state index in [1.54, 1.807) is 6.07 Å². The van der Waals surface area contributed by atoms with Gasteiger partial charge in [0.25, 0.3) is 5.56 Å². The molecule has 0 radical (unpaired) electrons. The third-order valence-corrected chi connectivity index (χ3v) is 6.00. The number of aryl methyl sites for hydroxylation is 1. The molecule has 156 valence electrons. The van der Waals surface area contributed by atoms with Gasteiger partial charge in [-0.25, -0.2) is 4.68 Å². The van der Waals surface area contributed by atoms with E-state index in [9.17, 15) is 9.59 Å². The molecule has 4 rings (SSSR count). The van der Waals surface area contributed by atoms with Crippen molar-refractivity contribution in [2.75, 3.05) is 26.2 Å². The second kappa shape index (κ2) is 8.24. The van der Waals surface area contributed by atoms with E-state index in [0.717, 1.165) is 50.1 Å². The van der Waals surface area contributed by atoms with Crippen molar-refractivity contribution in [3.63, 3.8) is 0 Å². The standard InChI is InChI=1S/C22H30N4O3/c1-15-11-24(12-16(2)29-15)13-18-7-6-10-25(18)21(27)14-26-22(28)20-9-5-4-8-19(20)17(3)23-26/h4-5,8-9,15-16,18H,6-7,10-14H2,1-3H3. The van der Waals surface area contributed by atoms with Gasteiger partial charge in [-0.3, -0.25) is 14.5 Å². The Morgan fingerprint density at radius 2 is 1.86 bits per heavy atom. The van der Waals surface area contributed by atoms with Crippen molar-refractivity contribution in [3.8, 4) is 0 Å². The molecule has 3 atom stereocenters. The van der Waals surface area contributed by atoms with Crippen LogP contribution in [-0.4, -0.2) is 69.9 Å². The molecule has 2 fully saturated rings. The summed E-state index contributed by atoms with van der Waals surface area (Å²) >= 11 is 0. The highest BCUT2D eigenvalue weighted by molar-refractivity contribution is 5.83. The lowest BCUT2D eigenvalue weighted by atomic mass is 10.1. The van der Waals surface area contributed by atoms with Crippen LogP contribution in [0.4, 0.5) is 0 Å². The molecule has 7 heteroatoms. The molecule has 0 bridgehead atoms. The summed E-state index contributed by atoms with van der Waals surface area (Å²) in [4.78, 5) is 30.2. The summed E-state index contributed by atoms with van der Waals surface area (Å²) in [5.41, 5.74) is 0.563. The van der Waals surface area contributed by atoms with Gasteiger partial charge in [-0.15, -0.1) is 0 Å². The zero-order valence-corrected chi connectivity index (χ0v) is 17.5. The molecule has 7 nitrogen and oxygen atoms in total. The molecule has 0 aliphatic carbocycles. The van der Waals surface area contributed by atoms with Crippen LogP contribution in [0.1, 0.15) is 32.4 Å². The van der Waals surface area contributed by atoms with Crippen molar-refractivity contribution in [1.82, 2.24) is 19.6 Å². The number of hydrogen-bond donors (Lipinski definition) is 0. The Labute approximate surface area is 171 Å². The van der Waals surface area contributed by atoms with E-state index >= 15 is 0 Å². The predicted molar refractivity (Wildman–Crippen MR) is 112 cm³/mol. The van der Waals surface area contributed by atoms with E-state index in [1.807, 2.05) is 30.0 Å². The van der Waals surface area contributed by atoms with E-state index in [-0.39, 0.29) is 36.3 Å². The van der Waals surface area contributed by atoms with Gasteiger partial charge >= 0.3 is 0 Å². The summed E-state index contributed by atoms with van der Waals surface area (Å²) < 4.78 is 7.15. The van der Waals surface area contributed by atoms with Gasteiger partial charge in [0.2, 0.25) is 5.91 Å². The van der Waals surface area contributed by atoms with Crippen LogP contribution in [0.15, 0.2) is 29.1 Å². The maximum atomic E-state index is 13.1. The van der Waals surface area contributed by atoms with Crippen LogP contribution >= 0.6 is 0 Å². The normalized spacial score (nSPS) is 25.6. The summed E-state index contributed by atoms with van der Waals surface area (Å²) in [6.07, 6.45) is 2.44. The lowest BCUT2D eigenvalue weighted by Gasteiger charge is -2.38. The van der Waals surface area contributed by atoms with Crippen LogP contribution in [0.25, 0.3) is 10.8 Å². The van der Waals surface area contributed by atoms with E-state index in [1.165, 1.54) is 4.68 Å². The minimum atomic E-state index is -0.203. The Hall–Kier alpha value is -2.25. The highest BCUT2D eigenvalue weighted by atomic mass is 16.5. The molecule has 29 heavy (non-hydrogen) atoms. The summed E-state index contributed by atoms with van der Waals surface area (Å²) in [7, 11) is 0. The second-order valence-electron chi connectivity index (χ2n) is 8.45. The van der Waals surface area contributed by atoms with Crippen LogP contribution < -0.4 is 5.56 Å². The zero-order chi connectivity index (χ0) is 20.5. The van der Waals surface area contributed by atoms with Crippen molar-refractivity contribution in [3.05, 3.63) is 40.3 Å². The Morgan fingerprint density at radius 1 is 1.17 bits per heavy atom. The van der Waals surface area contributed by atoms with Gasteiger partial charge in [-0.2, -0.15) is 5.10 Å². The third-order valence-electron chi connectivity index (χ3n) is 6.00. The first-order chi connectivity index (χ1) is 13.9. The van der Waals surface area contributed by atoms with Gasteiger partial charge in [0.05, 0.1) is 23.3 Å². The second-order valence-corrected chi connectivity index (χ2v) is 8.45. The quantitative estimate of drug-likeness (QED) is 0.786. The number of hydrogen-bond acceptors (Lipinski definition) is 5. The number of morpholine rings is 1. The molecule has 1 amide bonds. The molecule has 3 heterocycles. The molecule has 3 unspecified atom stereocenters. The number of aromatic nitrogens is 2. The van der Waals surface area contributed by atoms with Crippen molar-refractivity contribution in [1.29, 1.82) is 0 Å². The average molecular weight is 399 g/mol. The summed E-state index contributed by atoms with van der Waals surface area (Å²) in [6.45, 7) is 9.48. The first-order valence-corrected chi connectivity index (χ1v) is 10.6. The SMILES string of the molecule is Cc1nn(CC(=O)N2CCCC2CN2CC(C)OC(C)C2)c(=O)c2ccccc12. The van der Waals surface area contributed by atoms with E-state index in [2.05, 4.69) is 23.8 Å². The lowest BCUT2D eigenvalue weighted by molar-refractivity contribution is -0.133. The van der Waals surface area contributed by atoms with Gasteiger partial charge in [-0.05, 0) is 39.7 Å².